The van der Waals surface area contributed by atoms with Crippen LogP contribution in [0.25, 0.3) is 38.7 Å². The molecule has 1 aromatic heterocycles. The summed E-state index contributed by atoms with van der Waals surface area (Å²) in [6, 6.07) is 13.4. The third kappa shape index (κ3) is 2.13. The Kier molecular flexibility index (Phi) is 3.03. The molecule has 0 aliphatic carbocycles. The molecular formula is C23H19NO3. The number of nitrogens with zero attached hydrogens (tertiary/aromatic N) is 1. The van der Waals surface area contributed by atoms with E-state index in [-0.39, 0.29) is 11.2 Å². The van der Waals surface area contributed by atoms with Gasteiger partial charge in [0.15, 0.2) is 0 Å². The van der Waals surface area contributed by atoms with Gasteiger partial charge in [-0.25, -0.2) is 0 Å². The molecule has 4 heteroatoms. The highest BCUT2D eigenvalue weighted by atomic mass is 16.5. The summed E-state index contributed by atoms with van der Waals surface area (Å²) in [4.78, 5) is 13.4. The van der Waals surface area contributed by atoms with Gasteiger partial charge in [-0.05, 0) is 42.8 Å². The Morgan fingerprint density at radius 1 is 1.07 bits per heavy atom. The van der Waals surface area contributed by atoms with Crippen LogP contribution in [0.2, 0.25) is 0 Å². The molecule has 0 saturated carbocycles. The Morgan fingerprint density at radius 3 is 2.67 bits per heavy atom. The fraction of sp³-hybridized carbons (Fsp3) is 0.174. The summed E-state index contributed by atoms with van der Waals surface area (Å²) in [5.41, 5.74) is 1.71. The van der Waals surface area contributed by atoms with Gasteiger partial charge < -0.3 is 14.4 Å². The van der Waals surface area contributed by atoms with E-state index >= 15 is 0 Å². The van der Waals surface area contributed by atoms with Gasteiger partial charge in [0.25, 0.3) is 0 Å². The Morgan fingerprint density at radius 2 is 1.85 bits per heavy atom. The third-order valence-corrected chi connectivity index (χ3v) is 5.36. The van der Waals surface area contributed by atoms with Crippen molar-refractivity contribution in [2.45, 2.75) is 19.4 Å². The Labute approximate surface area is 155 Å². The molecule has 1 N–H and O–H groups in total. The smallest absolute Gasteiger partial charge is 0.201 e. The van der Waals surface area contributed by atoms with Crippen molar-refractivity contribution >= 4 is 38.7 Å². The number of pyridine rings is 1. The summed E-state index contributed by atoms with van der Waals surface area (Å²) >= 11 is 0. The maximum Gasteiger partial charge on any atom is 0.201 e. The van der Waals surface area contributed by atoms with Crippen LogP contribution < -0.4 is 10.2 Å². The molecule has 4 nitrogen and oxygen atoms in total. The van der Waals surface area contributed by atoms with Crippen LogP contribution >= 0.6 is 0 Å². The molecule has 1 aliphatic rings. The minimum absolute atomic E-state index is 0.0507. The van der Waals surface area contributed by atoms with E-state index in [0.717, 1.165) is 21.9 Å². The van der Waals surface area contributed by atoms with Gasteiger partial charge in [0.05, 0.1) is 21.8 Å². The van der Waals surface area contributed by atoms with Gasteiger partial charge in [-0.3, -0.25) is 4.79 Å². The van der Waals surface area contributed by atoms with E-state index in [4.69, 9.17) is 4.74 Å². The molecule has 0 unspecified atom stereocenters. The number of rotatable bonds is 0. The predicted octanol–water partition coefficient (Wildman–Crippen LogP) is 4.73. The van der Waals surface area contributed by atoms with Crippen molar-refractivity contribution < 1.29 is 9.84 Å². The minimum Gasteiger partial charge on any atom is -0.507 e. The van der Waals surface area contributed by atoms with E-state index in [0.29, 0.717) is 22.0 Å². The fourth-order valence-corrected chi connectivity index (χ4v) is 4.09. The summed E-state index contributed by atoms with van der Waals surface area (Å²) in [7, 11) is 1.92. The van der Waals surface area contributed by atoms with Gasteiger partial charge in [0, 0.05) is 18.7 Å². The molecule has 134 valence electrons. The maximum absolute atomic E-state index is 13.4. The van der Waals surface area contributed by atoms with E-state index in [1.165, 1.54) is 0 Å². The average Bonchev–Trinajstić information content (AvgIpc) is 2.63. The lowest BCUT2D eigenvalue weighted by Gasteiger charge is -2.29. The lowest BCUT2D eigenvalue weighted by molar-refractivity contribution is 0.159. The Bertz CT molecular complexity index is 1360. The number of phenolic OH excluding ortho intramolecular Hbond substituents is 1. The predicted molar refractivity (Wildman–Crippen MR) is 110 cm³/mol. The molecule has 0 saturated heterocycles. The Hall–Kier alpha value is -3.27. The zero-order chi connectivity index (χ0) is 18.9. The number of hydrogen-bond acceptors (Lipinski definition) is 3. The van der Waals surface area contributed by atoms with Gasteiger partial charge in [-0.1, -0.05) is 30.3 Å². The molecule has 3 aromatic carbocycles. The highest BCUT2D eigenvalue weighted by molar-refractivity contribution is 6.11. The second-order valence-corrected chi connectivity index (χ2v) is 7.64. The van der Waals surface area contributed by atoms with Gasteiger partial charge in [-0.2, -0.15) is 0 Å². The molecule has 1 aliphatic heterocycles. The molecule has 0 spiro atoms. The van der Waals surface area contributed by atoms with E-state index in [1.54, 1.807) is 6.07 Å². The number of hydrogen-bond donors (Lipinski definition) is 1. The van der Waals surface area contributed by atoms with Crippen LogP contribution in [0.1, 0.15) is 19.4 Å². The van der Waals surface area contributed by atoms with Crippen LogP contribution in [0.5, 0.6) is 11.5 Å². The second-order valence-electron chi connectivity index (χ2n) is 7.64. The van der Waals surface area contributed by atoms with Crippen LogP contribution in [0.15, 0.2) is 53.3 Å². The lowest BCUT2D eigenvalue weighted by Crippen LogP contribution is -2.28. The summed E-state index contributed by atoms with van der Waals surface area (Å²) in [5.74, 6) is 0.535. The molecule has 0 bridgehead atoms. The average molecular weight is 357 g/mol. The van der Waals surface area contributed by atoms with Crippen LogP contribution in [-0.4, -0.2) is 15.3 Å². The SMILES string of the molecule is Cn1c2ccc3ccccc3c2c(=O)c2c(O)cc3c(c21)C=CC(C)(C)O3. The number of aromatic hydroxyl groups is 1. The zero-order valence-corrected chi connectivity index (χ0v) is 15.4. The molecule has 27 heavy (non-hydrogen) atoms. The van der Waals surface area contributed by atoms with Gasteiger partial charge >= 0.3 is 0 Å². The highest BCUT2D eigenvalue weighted by Crippen LogP contribution is 2.40. The first-order valence-electron chi connectivity index (χ1n) is 8.96. The first kappa shape index (κ1) is 15.9. The molecule has 0 radical (unpaired) electrons. The number of phenols is 1. The van der Waals surface area contributed by atoms with E-state index in [9.17, 15) is 9.90 Å². The molecule has 5 rings (SSSR count). The summed E-state index contributed by atoms with van der Waals surface area (Å²) in [5, 5.41) is 13.6. The summed E-state index contributed by atoms with van der Waals surface area (Å²) < 4.78 is 8.00. The summed E-state index contributed by atoms with van der Waals surface area (Å²) in [6.07, 6.45) is 3.95. The van der Waals surface area contributed by atoms with E-state index in [1.807, 2.05) is 74.0 Å². The quantitative estimate of drug-likeness (QED) is 0.365. The number of aromatic nitrogens is 1. The fourth-order valence-electron chi connectivity index (χ4n) is 4.09. The van der Waals surface area contributed by atoms with Crippen molar-refractivity contribution in [1.82, 2.24) is 4.57 Å². The zero-order valence-electron chi connectivity index (χ0n) is 15.4. The van der Waals surface area contributed by atoms with Crippen molar-refractivity contribution in [2.24, 2.45) is 7.05 Å². The number of benzene rings is 3. The van der Waals surface area contributed by atoms with E-state index in [2.05, 4.69) is 0 Å². The van der Waals surface area contributed by atoms with Gasteiger partial charge in [-0.15, -0.1) is 0 Å². The lowest BCUT2D eigenvalue weighted by atomic mass is 9.96. The van der Waals surface area contributed by atoms with Crippen LogP contribution in [-0.2, 0) is 7.05 Å². The molecule has 2 heterocycles. The van der Waals surface area contributed by atoms with Crippen molar-refractivity contribution in [3.8, 4) is 11.5 Å². The normalized spacial score (nSPS) is 15.2. The Balaban J connectivity index is 2.04. The van der Waals surface area contributed by atoms with Gasteiger partial charge in [0.1, 0.15) is 17.1 Å². The molecule has 0 amide bonds. The van der Waals surface area contributed by atoms with Crippen LogP contribution in [0.4, 0.5) is 0 Å². The largest absolute Gasteiger partial charge is 0.507 e. The number of ether oxygens (including phenoxy) is 1. The van der Waals surface area contributed by atoms with Crippen LogP contribution in [0, 0.1) is 0 Å². The topological polar surface area (TPSA) is 51.5 Å². The van der Waals surface area contributed by atoms with Crippen LogP contribution in [0.3, 0.4) is 0 Å². The summed E-state index contributed by atoms with van der Waals surface area (Å²) in [6.45, 7) is 3.92. The minimum atomic E-state index is -0.459. The van der Waals surface area contributed by atoms with Crippen molar-refractivity contribution in [2.75, 3.05) is 0 Å². The highest BCUT2D eigenvalue weighted by Gasteiger charge is 2.26. The molecule has 0 atom stereocenters. The standard InChI is InChI=1S/C23H19NO3/c1-23(2)11-10-15-18(27-23)12-17(25)20-21(15)24(3)16-9-8-13-6-4-5-7-14(13)19(16)22(20)26/h4-12,25H,1-3H3. The first-order chi connectivity index (χ1) is 12.9. The van der Waals surface area contributed by atoms with Crippen molar-refractivity contribution in [3.05, 3.63) is 64.3 Å². The maximum atomic E-state index is 13.4. The van der Waals surface area contributed by atoms with E-state index < -0.39 is 5.60 Å². The monoisotopic (exact) mass is 357 g/mol. The number of fused-ring (bicyclic) bond motifs is 6. The van der Waals surface area contributed by atoms with Crippen molar-refractivity contribution in [1.29, 1.82) is 0 Å². The molecule has 0 fully saturated rings. The first-order valence-corrected chi connectivity index (χ1v) is 8.96. The van der Waals surface area contributed by atoms with Gasteiger partial charge in [0.2, 0.25) is 5.43 Å². The molecule has 4 aromatic rings. The van der Waals surface area contributed by atoms with Crippen molar-refractivity contribution in [3.63, 3.8) is 0 Å². The number of aryl methyl sites for hydroxylation is 1. The molecular weight excluding hydrogens is 338 g/mol. The third-order valence-electron chi connectivity index (χ3n) is 5.36. The second kappa shape index (κ2) is 5.13.